The molecule has 0 N–H and O–H groups in total. The van der Waals surface area contributed by atoms with Gasteiger partial charge in [-0.25, -0.2) is 0 Å². The van der Waals surface area contributed by atoms with E-state index in [1.807, 2.05) is 20.8 Å². The summed E-state index contributed by atoms with van der Waals surface area (Å²) in [6.45, 7) is 9.66. The SMILES string of the molecule is CC[C@@]1(C)CC[C@@](C)(CC)c2c1cc([N+](=O)[O-])c(C)c2[N+](=O)[O-]. The molecule has 23 heavy (non-hydrogen) atoms. The molecule has 1 aliphatic carbocycles. The molecule has 1 aromatic rings. The van der Waals surface area contributed by atoms with Crippen LogP contribution in [0.2, 0.25) is 0 Å². The van der Waals surface area contributed by atoms with Gasteiger partial charge < -0.3 is 0 Å². The molecule has 0 amide bonds. The monoisotopic (exact) mass is 320 g/mol. The van der Waals surface area contributed by atoms with Gasteiger partial charge in [0.2, 0.25) is 0 Å². The summed E-state index contributed by atoms with van der Waals surface area (Å²) in [6, 6.07) is 1.59. The van der Waals surface area contributed by atoms with Gasteiger partial charge in [-0.05, 0) is 49.0 Å². The van der Waals surface area contributed by atoms with Crippen LogP contribution >= 0.6 is 0 Å². The van der Waals surface area contributed by atoms with Gasteiger partial charge in [-0.3, -0.25) is 20.2 Å². The van der Waals surface area contributed by atoms with Crippen LogP contribution in [0.15, 0.2) is 6.07 Å². The number of hydrogen-bond acceptors (Lipinski definition) is 4. The zero-order valence-corrected chi connectivity index (χ0v) is 14.4. The topological polar surface area (TPSA) is 86.3 Å². The van der Waals surface area contributed by atoms with E-state index < -0.39 is 9.85 Å². The molecule has 0 heterocycles. The predicted octanol–water partition coefficient (Wildman–Crippen LogP) is 4.94. The molecule has 0 saturated carbocycles. The van der Waals surface area contributed by atoms with E-state index in [4.69, 9.17) is 0 Å². The van der Waals surface area contributed by atoms with Crippen molar-refractivity contribution in [1.82, 2.24) is 0 Å². The van der Waals surface area contributed by atoms with E-state index in [0.717, 1.165) is 31.2 Å². The van der Waals surface area contributed by atoms with Gasteiger partial charge in [0.05, 0.1) is 9.85 Å². The largest absolute Gasteiger partial charge is 0.283 e. The molecular weight excluding hydrogens is 296 g/mol. The Kier molecular flexibility index (Phi) is 4.22. The van der Waals surface area contributed by atoms with Crippen LogP contribution in [0.4, 0.5) is 11.4 Å². The maximum absolute atomic E-state index is 11.8. The maximum atomic E-state index is 11.8. The van der Waals surface area contributed by atoms with Crippen molar-refractivity contribution in [3.05, 3.63) is 43.0 Å². The third kappa shape index (κ3) is 2.50. The van der Waals surface area contributed by atoms with Crippen LogP contribution in [0.5, 0.6) is 0 Å². The summed E-state index contributed by atoms with van der Waals surface area (Å²) in [5, 5.41) is 23.2. The van der Waals surface area contributed by atoms with Crippen molar-refractivity contribution >= 4 is 11.4 Å². The number of nitro groups is 2. The average molecular weight is 320 g/mol. The van der Waals surface area contributed by atoms with E-state index in [9.17, 15) is 20.2 Å². The Morgan fingerprint density at radius 2 is 1.57 bits per heavy atom. The second-order valence-corrected chi connectivity index (χ2v) is 7.13. The van der Waals surface area contributed by atoms with Gasteiger partial charge in [0, 0.05) is 11.6 Å². The van der Waals surface area contributed by atoms with Crippen LogP contribution in [-0.2, 0) is 10.8 Å². The van der Waals surface area contributed by atoms with Crippen LogP contribution in [0.25, 0.3) is 0 Å². The Bertz CT molecular complexity index is 686. The Hall–Kier alpha value is -1.98. The highest BCUT2D eigenvalue weighted by Crippen LogP contribution is 2.54. The number of fused-ring (bicyclic) bond motifs is 1. The first-order chi connectivity index (χ1) is 10.6. The molecule has 2 atom stereocenters. The van der Waals surface area contributed by atoms with Gasteiger partial charge in [0.15, 0.2) is 0 Å². The lowest BCUT2D eigenvalue weighted by Crippen LogP contribution is -2.37. The summed E-state index contributed by atoms with van der Waals surface area (Å²) in [4.78, 5) is 22.2. The number of hydrogen-bond donors (Lipinski definition) is 0. The molecule has 6 nitrogen and oxygen atoms in total. The van der Waals surface area contributed by atoms with Crippen LogP contribution in [-0.4, -0.2) is 9.85 Å². The summed E-state index contributed by atoms with van der Waals surface area (Å²) in [5.74, 6) is 0. The molecule has 0 aromatic heterocycles. The summed E-state index contributed by atoms with van der Waals surface area (Å²) in [6.07, 6.45) is 3.33. The summed E-state index contributed by atoms with van der Waals surface area (Å²) < 4.78 is 0. The predicted molar refractivity (Wildman–Crippen MR) is 89.0 cm³/mol. The highest BCUT2D eigenvalue weighted by Gasteiger charge is 2.47. The van der Waals surface area contributed by atoms with E-state index in [1.54, 1.807) is 6.07 Å². The molecule has 0 fully saturated rings. The first-order valence-corrected chi connectivity index (χ1v) is 8.08. The maximum Gasteiger partial charge on any atom is 0.283 e. The van der Waals surface area contributed by atoms with Crippen molar-refractivity contribution in [2.24, 2.45) is 0 Å². The fourth-order valence-electron chi connectivity index (χ4n) is 3.79. The van der Waals surface area contributed by atoms with Gasteiger partial charge in [-0.2, -0.15) is 0 Å². The minimum Gasteiger partial charge on any atom is -0.258 e. The van der Waals surface area contributed by atoms with E-state index in [2.05, 4.69) is 6.92 Å². The standard InChI is InChI=1S/C17H24N2O4/c1-6-16(4)8-9-17(5,7-2)14-12(16)10-13(18(20)21)11(3)15(14)19(22)23/h10H,6-9H2,1-5H3/t16-,17+/m0/s1. The molecule has 0 spiro atoms. The molecule has 6 heteroatoms. The Morgan fingerprint density at radius 1 is 1.04 bits per heavy atom. The van der Waals surface area contributed by atoms with Gasteiger partial charge in [0.1, 0.15) is 5.56 Å². The normalized spacial score (nSPS) is 26.7. The third-order valence-electron chi connectivity index (χ3n) is 5.95. The fraction of sp³-hybridized carbons (Fsp3) is 0.647. The van der Waals surface area contributed by atoms with Gasteiger partial charge >= 0.3 is 0 Å². The van der Waals surface area contributed by atoms with E-state index in [1.165, 1.54) is 6.92 Å². The van der Waals surface area contributed by atoms with Crippen molar-refractivity contribution in [1.29, 1.82) is 0 Å². The Morgan fingerprint density at radius 3 is 2.00 bits per heavy atom. The van der Waals surface area contributed by atoms with Crippen LogP contribution in [0, 0.1) is 27.2 Å². The molecule has 1 aliphatic rings. The van der Waals surface area contributed by atoms with Crippen molar-refractivity contribution in [3.63, 3.8) is 0 Å². The van der Waals surface area contributed by atoms with E-state index >= 15 is 0 Å². The highest BCUT2D eigenvalue weighted by atomic mass is 16.6. The first-order valence-electron chi connectivity index (χ1n) is 8.08. The number of benzene rings is 1. The second-order valence-electron chi connectivity index (χ2n) is 7.13. The number of nitrogens with zero attached hydrogens (tertiary/aromatic N) is 2. The molecule has 126 valence electrons. The molecule has 0 radical (unpaired) electrons. The van der Waals surface area contributed by atoms with E-state index in [-0.39, 0.29) is 27.8 Å². The Balaban J connectivity index is 2.98. The van der Waals surface area contributed by atoms with Crippen LogP contribution in [0.1, 0.15) is 70.1 Å². The first kappa shape index (κ1) is 17.4. The zero-order valence-electron chi connectivity index (χ0n) is 14.4. The summed E-state index contributed by atoms with van der Waals surface area (Å²) >= 11 is 0. The molecular formula is C17H24N2O4. The molecule has 0 aliphatic heterocycles. The lowest BCUT2D eigenvalue weighted by Gasteiger charge is -2.44. The number of rotatable bonds is 4. The van der Waals surface area contributed by atoms with Crippen molar-refractivity contribution < 1.29 is 9.85 Å². The number of nitro benzene ring substituents is 2. The average Bonchev–Trinajstić information content (AvgIpc) is 2.50. The summed E-state index contributed by atoms with van der Waals surface area (Å²) in [5.41, 5.74) is 0.898. The van der Waals surface area contributed by atoms with Crippen LogP contribution < -0.4 is 0 Å². The minimum absolute atomic E-state index is 0.0575. The van der Waals surface area contributed by atoms with Crippen molar-refractivity contribution in [2.45, 2.75) is 71.1 Å². The molecule has 2 rings (SSSR count). The van der Waals surface area contributed by atoms with Crippen molar-refractivity contribution in [2.75, 3.05) is 0 Å². The highest BCUT2D eigenvalue weighted by molar-refractivity contribution is 5.65. The third-order valence-corrected chi connectivity index (χ3v) is 5.95. The molecule has 0 unspecified atom stereocenters. The summed E-state index contributed by atoms with van der Waals surface area (Å²) in [7, 11) is 0. The Labute approximate surface area is 136 Å². The fourth-order valence-corrected chi connectivity index (χ4v) is 3.79. The second kappa shape index (κ2) is 5.58. The van der Waals surface area contributed by atoms with E-state index in [0.29, 0.717) is 5.56 Å². The zero-order chi connectivity index (χ0) is 17.6. The minimum atomic E-state index is -0.503. The van der Waals surface area contributed by atoms with Crippen LogP contribution in [0.3, 0.4) is 0 Å². The molecule has 0 saturated heterocycles. The smallest absolute Gasteiger partial charge is 0.258 e. The lowest BCUT2D eigenvalue weighted by molar-refractivity contribution is -0.396. The van der Waals surface area contributed by atoms with Gasteiger partial charge in [-0.15, -0.1) is 0 Å². The molecule has 0 bridgehead atoms. The van der Waals surface area contributed by atoms with Gasteiger partial charge in [-0.1, -0.05) is 27.7 Å². The molecule has 1 aromatic carbocycles. The van der Waals surface area contributed by atoms with Gasteiger partial charge in [0.25, 0.3) is 11.4 Å². The lowest BCUT2D eigenvalue weighted by atomic mass is 9.59. The quantitative estimate of drug-likeness (QED) is 0.580. The van der Waals surface area contributed by atoms with Crippen molar-refractivity contribution in [3.8, 4) is 0 Å².